The Morgan fingerprint density at radius 2 is 2.16 bits per heavy atom. The molecule has 3 heterocycles. The van der Waals surface area contributed by atoms with Gasteiger partial charge in [0.25, 0.3) is 5.91 Å². The van der Waals surface area contributed by atoms with Crippen molar-refractivity contribution in [2.75, 3.05) is 13.2 Å². The Morgan fingerprint density at radius 3 is 2.92 bits per heavy atom. The SMILES string of the molecule is Cc1cc(-c2ccccc2)nc2cc(C(=O)NC[C@@H]3CCCO3)nn12. The number of benzene rings is 1. The summed E-state index contributed by atoms with van der Waals surface area (Å²) in [7, 11) is 0. The molecule has 3 aromatic rings. The topological polar surface area (TPSA) is 68.5 Å². The Bertz CT molecular complexity index is 898. The van der Waals surface area contributed by atoms with Crippen molar-refractivity contribution in [1.29, 1.82) is 0 Å². The van der Waals surface area contributed by atoms with E-state index in [2.05, 4.69) is 15.4 Å². The highest BCUT2D eigenvalue weighted by molar-refractivity contribution is 5.93. The molecular weight excluding hydrogens is 316 g/mol. The minimum absolute atomic E-state index is 0.116. The summed E-state index contributed by atoms with van der Waals surface area (Å²) in [5, 5.41) is 7.29. The molecule has 128 valence electrons. The molecule has 4 rings (SSSR count). The first-order valence-electron chi connectivity index (χ1n) is 8.53. The molecule has 6 heteroatoms. The van der Waals surface area contributed by atoms with E-state index < -0.39 is 0 Å². The fourth-order valence-corrected chi connectivity index (χ4v) is 3.10. The van der Waals surface area contributed by atoms with Gasteiger partial charge in [0.15, 0.2) is 11.3 Å². The lowest BCUT2D eigenvalue weighted by molar-refractivity contribution is 0.0853. The van der Waals surface area contributed by atoms with E-state index in [1.807, 2.05) is 43.3 Å². The molecule has 1 amide bonds. The van der Waals surface area contributed by atoms with Crippen molar-refractivity contribution in [2.45, 2.75) is 25.9 Å². The predicted molar refractivity (Wildman–Crippen MR) is 94.5 cm³/mol. The second kappa shape index (κ2) is 6.64. The van der Waals surface area contributed by atoms with Crippen LogP contribution in [0.4, 0.5) is 0 Å². The van der Waals surface area contributed by atoms with Crippen molar-refractivity contribution in [3.8, 4) is 11.3 Å². The largest absolute Gasteiger partial charge is 0.376 e. The summed E-state index contributed by atoms with van der Waals surface area (Å²) in [5.74, 6) is -0.193. The number of carbonyl (C=O) groups is 1. The van der Waals surface area contributed by atoms with Gasteiger partial charge >= 0.3 is 0 Å². The zero-order valence-electron chi connectivity index (χ0n) is 14.1. The fraction of sp³-hybridized carbons (Fsp3) is 0.316. The van der Waals surface area contributed by atoms with Crippen LogP contribution in [-0.4, -0.2) is 39.8 Å². The maximum absolute atomic E-state index is 12.4. The third-order valence-electron chi connectivity index (χ3n) is 4.42. The van der Waals surface area contributed by atoms with Gasteiger partial charge in [0.05, 0.1) is 11.8 Å². The van der Waals surface area contributed by atoms with Gasteiger partial charge in [-0.2, -0.15) is 5.10 Å². The van der Waals surface area contributed by atoms with Crippen LogP contribution in [0.1, 0.15) is 29.0 Å². The average Bonchev–Trinajstić information content (AvgIpc) is 3.30. The molecule has 6 nitrogen and oxygen atoms in total. The van der Waals surface area contributed by atoms with Crippen molar-refractivity contribution in [1.82, 2.24) is 19.9 Å². The first-order valence-corrected chi connectivity index (χ1v) is 8.53. The minimum atomic E-state index is -0.193. The Balaban J connectivity index is 1.59. The summed E-state index contributed by atoms with van der Waals surface area (Å²) in [6.45, 7) is 3.26. The lowest BCUT2D eigenvalue weighted by Gasteiger charge is -2.09. The van der Waals surface area contributed by atoms with Crippen molar-refractivity contribution < 1.29 is 9.53 Å². The van der Waals surface area contributed by atoms with Crippen LogP contribution >= 0.6 is 0 Å². The molecule has 25 heavy (non-hydrogen) atoms. The molecule has 0 spiro atoms. The molecule has 1 N–H and O–H groups in total. The molecule has 2 aromatic heterocycles. The van der Waals surface area contributed by atoms with Gasteiger partial charge in [0, 0.05) is 30.5 Å². The number of hydrogen-bond donors (Lipinski definition) is 1. The zero-order valence-corrected chi connectivity index (χ0v) is 14.1. The highest BCUT2D eigenvalue weighted by Crippen LogP contribution is 2.19. The average molecular weight is 336 g/mol. The fourth-order valence-electron chi connectivity index (χ4n) is 3.10. The summed E-state index contributed by atoms with van der Waals surface area (Å²) >= 11 is 0. The molecule has 0 bridgehead atoms. The molecule has 1 atom stereocenters. The van der Waals surface area contributed by atoms with E-state index >= 15 is 0 Å². The Hall–Kier alpha value is -2.73. The molecule has 0 unspecified atom stereocenters. The lowest BCUT2D eigenvalue weighted by atomic mass is 10.1. The maximum Gasteiger partial charge on any atom is 0.271 e. The van der Waals surface area contributed by atoms with Crippen LogP contribution < -0.4 is 5.32 Å². The van der Waals surface area contributed by atoms with Crippen LogP contribution in [0.15, 0.2) is 42.5 Å². The molecular formula is C19H20N4O2. The van der Waals surface area contributed by atoms with Crippen LogP contribution in [0, 0.1) is 6.92 Å². The van der Waals surface area contributed by atoms with Crippen LogP contribution in [0.3, 0.4) is 0 Å². The van der Waals surface area contributed by atoms with E-state index in [9.17, 15) is 4.79 Å². The van der Waals surface area contributed by atoms with E-state index in [1.54, 1.807) is 10.6 Å². The van der Waals surface area contributed by atoms with Crippen molar-refractivity contribution in [3.05, 3.63) is 53.9 Å². The molecule has 1 aromatic carbocycles. The van der Waals surface area contributed by atoms with E-state index in [4.69, 9.17) is 4.74 Å². The number of aryl methyl sites for hydroxylation is 1. The summed E-state index contributed by atoms with van der Waals surface area (Å²) in [5.41, 5.74) is 3.89. The Kier molecular flexibility index (Phi) is 4.19. The normalized spacial score (nSPS) is 17.1. The van der Waals surface area contributed by atoms with E-state index in [0.29, 0.717) is 17.9 Å². The summed E-state index contributed by atoms with van der Waals surface area (Å²) in [6, 6.07) is 13.7. The molecule has 1 saturated heterocycles. The molecule has 1 fully saturated rings. The first kappa shape index (κ1) is 15.8. The highest BCUT2D eigenvalue weighted by atomic mass is 16.5. The molecule has 0 aliphatic carbocycles. The number of aromatic nitrogens is 3. The number of rotatable bonds is 4. The highest BCUT2D eigenvalue weighted by Gasteiger charge is 2.18. The number of hydrogen-bond acceptors (Lipinski definition) is 4. The number of ether oxygens (including phenoxy) is 1. The van der Waals surface area contributed by atoms with Gasteiger partial charge in [0.2, 0.25) is 0 Å². The molecule has 1 aliphatic heterocycles. The summed E-state index contributed by atoms with van der Waals surface area (Å²) in [4.78, 5) is 17.0. The Morgan fingerprint density at radius 1 is 1.32 bits per heavy atom. The number of nitrogens with one attached hydrogen (secondary N) is 1. The quantitative estimate of drug-likeness (QED) is 0.795. The summed E-state index contributed by atoms with van der Waals surface area (Å²) < 4.78 is 7.23. The zero-order chi connectivity index (χ0) is 17.2. The molecule has 1 aliphatic rings. The third-order valence-corrected chi connectivity index (χ3v) is 4.42. The number of carbonyl (C=O) groups excluding carboxylic acids is 1. The molecule has 0 radical (unpaired) electrons. The Labute approximate surface area is 145 Å². The van der Waals surface area contributed by atoms with Gasteiger partial charge in [-0.1, -0.05) is 30.3 Å². The second-order valence-electron chi connectivity index (χ2n) is 6.29. The third kappa shape index (κ3) is 3.25. The van der Waals surface area contributed by atoms with Gasteiger partial charge < -0.3 is 10.1 Å². The summed E-state index contributed by atoms with van der Waals surface area (Å²) in [6.07, 6.45) is 2.16. The van der Waals surface area contributed by atoms with Crippen LogP contribution in [-0.2, 0) is 4.74 Å². The van der Waals surface area contributed by atoms with Crippen LogP contribution in [0.2, 0.25) is 0 Å². The van der Waals surface area contributed by atoms with Gasteiger partial charge in [-0.05, 0) is 25.8 Å². The first-order chi connectivity index (χ1) is 12.2. The second-order valence-corrected chi connectivity index (χ2v) is 6.29. The van der Waals surface area contributed by atoms with E-state index in [0.717, 1.165) is 36.4 Å². The lowest BCUT2D eigenvalue weighted by Crippen LogP contribution is -2.32. The van der Waals surface area contributed by atoms with E-state index in [1.165, 1.54) is 0 Å². The number of amides is 1. The van der Waals surface area contributed by atoms with E-state index in [-0.39, 0.29) is 12.0 Å². The van der Waals surface area contributed by atoms with Gasteiger partial charge in [0.1, 0.15) is 0 Å². The van der Waals surface area contributed by atoms with Gasteiger partial charge in [-0.3, -0.25) is 4.79 Å². The van der Waals surface area contributed by atoms with Crippen LogP contribution in [0.5, 0.6) is 0 Å². The molecule has 0 saturated carbocycles. The van der Waals surface area contributed by atoms with Crippen LogP contribution in [0.25, 0.3) is 16.9 Å². The number of nitrogens with zero attached hydrogens (tertiary/aromatic N) is 3. The van der Waals surface area contributed by atoms with Crippen molar-refractivity contribution >= 4 is 11.6 Å². The van der Waals surface area contributed by atoms with Gasteiger partial charge in [-0.15, -0.1) is 0 Å². The van der Waals surface area contributed by atoms with Crippen molar-refractivity contribution in [3.63, 3.8) is 0 Å². The predicted octanol–water partition coefficient (Wildman–Crippen LogP) is 2.61. The smallest absolute Gasteiger partial charge is 0.271 e. The van der Waals surface area contributed by atoms with Crippen molar-refractivity contribution in [2.24, 2.45) is 0 Å². The standard InChI is InChI=1S/C19H20N4O2/c1-13-10-16(14-6-3-2-4-7-14)21-18-11-17(22-23(13)18)19(24)20-12-15-8-5-9-25-15/h2-4,6-7,10-11,15H,5,8-9,12H2,1H3,(H,20,24)/t15-/m0/s1. The maximum atomic E-state index is 12.4. The van der Waals surface area contributed by atoms with Gasteiger partial charge in [-0.25, -0.2) is 9.50 Å². The minimum Gasteiger partial charge on any atom is -0.376 e. The number of fused-ring (bicyclic) bond motifs is 1. The monoisotopic (exact) mass is 336 g/mol.